The van der Waals surface area contributed by atoms with E-state index in [1.54, 1.807) is 18.2 Å². The van der Waals surface area contributed by atoms with E-state index in [2.05, 4.69) is 6.07 Å². The zero-order chi connectivity index (χ0) is 18.7. The number of aryl methyl sites for hydroxylation is 1. The minimum Gasteiger partial charge on any atom is -0.311 e. The Bertz CT molecular complexity index is 821. The van der Waals surface area contributed by atoms with E-state index in [4.69, 9.17) is 0 Å². The molecule has 1 aliphatic rings. The number of nitro groups is 1. The SMILES string of the molecule is CC(C(=O)N1CCCc2ccccc21)N(C)Cc1ccccc1[N+](=O)[O-]. The molecule has 6 nitrogen and oxygen atoms in total. The number of likely N-dealkylation sites (N-methyl/N-ethyl adjacent to an activating group) is 1. The molecule has 2 aromatic carbocycles. The van der Waals surface area contributed by atoms with Gasteiger partial charge in [0.1, 0.15) is 0 Å². The molecule has 26 heavy (non-hydrogen) atoms. The lowest BCUT2D eigenvalue weighted by Crippen LogP contribution is -2.47. The number of para-hydroxylation sites is 2. The molecule has 0 aromatic heterocycles. The van der Waals surface area contributed by atoms with Gasteiger partial charge < -0.3 is 4.90 Å². The molecule has 1 unspecified atom stereocenters. The first-order valence-corrected chi connectivity index (χ1v) is 8.81. The Labute approximate surface area is 153 Å². The van der Waals surface area contributed by atoms with E-state index >= 15 is 0 Å². The van der Waals surface area contributed by atoms with Crippen LogP contribution in [0.5, 0.6) is 0 Å². The maximum Gasteiger partial charge on any atom is 0.273 e. The topological polar surface area (TPSA) is 66.7 Å². The van der Waals surface area contributed by atoms with Gasteiger partial charge in [0.25, 0.3) is 5.69 Å². The molecule has 0 saturated carbocycles. The molecule has 0 fully saturated rings. The molecule has 0 aliphatic carbocycles. The molecule has 0 spiro atoms. The predicted octanol–water partition coefficient (Wildman–Crippen LogP) is 3.39. The summed E-state index contributed by atoms with van der Waals surface area (Å²) in [4.78, 5) is 27.6. The minimum atomic E-state index is -0.378. The lowest BCUT2D eigenvalue weighted by atomic mass is 10.0. The first-order chi connectivity index (χ1) is 12.5. The van der Waals surface area contributed by atoms with E-state index in [0.717, 1.165) is 18.5 Å². The molecular weight excluding hydrogens is 330 g/mol. The van der Waals surface area contributed by atoms with E-state index < -0.39 is 0 Å². The van der Waals surface area contributed by atoms with Gasteiger partial charge in [-0.1, -0.05) is 36.4 Å². The van der Waals surface area contributed by atoms with Crippen molar-refractivity contribution in [2.45, 2.75) is 32.4 Å². The van der Waals surface area contributed by atoms with Crippen LogP contribution in [0.15, 0.2) is 48.5 Å². The van der Waals surface area contributed by atoms with Crippen LogP contribution in [0.2, 0.25) is 0 Å². The summed E-state index contributed by atoms with van der Waals surface area (Å²) in [6.45, 7) is 2.91. The summed E-state index contributed by atoms with van der Waals surface area (Å²) in [5, 5.41) is 11.2. The average Bonchev–Trinajstić information content (AvgIpc) is 2.66. The zero-order valence-corrected chi connectivity index (χ0v) is 15.1. The van der Waals surface area contributed by atoms with Crippen molar-refractivity contribution in [1.82, 2.24) is 4.90 Å². The van der Waals surface area contributed by atoms with Gasteiger partial charge in [0.15, 0.2) is 0 Å². The third-order valence-corrected chi connectivity index (χ3v) is 5.00. The van der Waals surface area contributed by atoms with Gasteiger partial charge in [-0.15, -0.1) is 0 Å². The van der Waals surface area contributed by atoms with Gasteiger partial charge >= 0.3 is 0 Å². The van der Waals surface area contributed by atoms with Gasteiger partial charge in [-0.05, 0) is 38.4 Å². The number of carbonyl (C=O) groups excluding carboxylic acids is 1. The van der Waals surface area contributed by atoms with Crippen LogP contribution in [-0.2, 0) is 17.8 Å². The molecule has 3 rings (SSSR count). The van der Waals surface area contributed by atoms with Crippen LogP contribution in [0.3, 0.4) is 0 Å². The minimum absolute atomic E-state index is 0.0261. The summed E-state index contributed by atoms with van der Waals surface area (Å²) in [6, 6.07) is 14.3. The van der Waals surface area contributed by atoms with Crippen LogP contribution >= 0.6 is 0 Å². The Morgan fingerprint density at radius 2 is 1.92 bits per heavy atom. The lowest BCUT2D eigenvalue weighted by molar-refractivity contribution is -0.385. The highest BCUT2D eigenvalue weighted by Gasteiger charge is 2.29. The van der Waals surface area contributed by atoms with E-state index in [-0.39, 0.29) is 22.6 Å². The molecule has 1 heterocycles. The second kappa shape index (κ2) is 7.66. The molecule has 6 heteroatoms. The van der Waals surface area contributed by atoms with E-state index in [1.165, 1.54) is 11.6 Å². The molecule has 1 aliphatic heterocycles. The van der Waals surface area contributed by atoms with Gasteiger partial charge in [-0.2, -0.15) is 0 Å². The maximum absolute atomic E-state index is 13.1. The Balaban J connectivity index is 1.76. The van der Waals surface area contributed by atoms with Crippen LogP contribution in [-0.4, -0.2) is 35.4 Å². The molecule has 0 N–H and O–H groups in total. The fourth-order valence-electron chi connectivity index (χ4n) is 3.40. The zero-order valence-electron chi connectivity index (χ0n) is 15.1. The summed E-state index contributed by atoms with van der Waals surface area (Å²) in [7, 11) is 1.83. The van der Waals surface area contributed by atoms with Gasteiger partial charge in [0, 0.05) is 30.4 Å². The smallest absolute Gasteiger partial charge is 0.273 e. The highest BCUT2D eigenvalue weighted by molar-refractivity contribution is 5.98. The quantitative estimate of drug-likeness (QED) is 0.610. The molecule has 136 valence electrons. The number of nitrogens with zero attached hydrogens (tertiary/aromatic N) is 3. The molecule has 0 bridgehead atoms. The van der Waals surface area contributed by atoms with Crippen LogP contribution in [0, 0.1) is 10.1 Å². The standard InChI is InChI=1S/C20H23N3O3/c1-15(21(2)14-17-9-4-6-12-19(17)23(25)26)20(24)22-13-7-10-16-8-3-5-11-18(16)22/h3-6,8-9,11-12,15H,7,10,13-14H2,1-2H3. The van der Waals surface area contributed by atoms with Gasteiger partial charge in [0.2, 0.25) is 5.91 Å². The second-order valence-corrected chi connectivity index (χ2v) is 6.70. The number of anilines is 1. The Hall–Kier alpha value is -2.73. The summed E-state index contributed by atoms with van der Waals surface area (Å²) in [6.07, 6.45) is 1.93. The van der Waals surface area contributed by atoms with E-state index in [0.29, 0.717) is 18.7 Å². The number of hydrogen-bond donors (Lipinski definition) is 0. The fraction of sp³-hybridized carbons (Fsp3) is 0.350. The predicted molar refractivity (Wildman–Crippen MR) is 101 cm³/mol. The van der Waals surface area contributed by atoms with Crippen molar-refractivity contribution >= 4 is 17.3 Å². The number of nitro benzene ring substituents is 1. The monoisotopic (exact) mass is 353 g/mol. The average molecular weight is 353 g/mol. The second-order valence-electron chi connectivity index (χ2n) is 6.70. The summed E-state index contributed by atoms with van der Waals surface area (Å²) in [5.74, 6) is 0.0261. The summed E-state index contributed by atoms with van der Waals surface area (Å²) < 4.78 is 0. The first-order valence-electron chi connectivity index (χ1n) is 8.81. The molecule has 1 atom stereocenters. The van der Waals surface area contributed by atoms with Crippen molar-refractivity contribution in [1.29, 1.82) is 0 Å². The lowest BCUT2D eigenvalue weighted by Gasteiger charge is -2.34. The van der Waals surface area contributed by atoms with Crippen molar-refractivity contribution in [2.75, 3.05) is 18.5 Å². The van der Waals surface area contributed by atoms with Gasteiger partial charge in [-0.25, -0.2) is 0 Å². The molecular formula is C20H23N3O3. The third-order valence-electron chi connectivity index (χ3n) is 5.00. The van der Waals surface area contributed by atoms with Crippen molar-refractivity contribution in [3.8, 4) is 0 Å². The largest absolute Gasteiger partial charge is 0.311 e. The summed E-state index contributed by atoms with van der Waals surface area (Å²) in [5.41, 5.74) is 2.87. The molecule has 0 saturated heterocycles. The Morgan fingerprint density at radius 1 is 1.23 bits per heavy atom. The van der Waals surface area contributed by atoms with Gasteiger partial charge in [-0.3, -0.25) is 19.8 Å². The van der Waals surface area contributed by atoms with Crippen LogP contribution < -0.4 is 4.90 Å². The number of amides is 1. The van der Waals surface area contributed by atoms with E-state index in [1.807, 2.05) is 42.0 Å². The Kier molecular flexibility index (Phi) is 5.32. The van der Waals surface area contributed by atoms with E-state index in [9.17, 15) is 14.9 Å². The van der Waals surface area contributed by atoms with Gasteiger partial charge in [0.05, 0.1) is 11.0 Å². The maximum atomic E-state index is 13.1. The Morgan fingerprint density at radius 3 is 2.69 bits per heavy atom. The van der Waals surface area contributed by atoms with Crippen LogP contribution in [0.4, 0.5) is 11.4 Å². The number of hydrogen-bond acceptors (Lipinski definition) is 4. The van der Waals surface area contributed by atoms with Crippen molar-refractivity contribution in [3.63, 3.8) is 0 Å². The molecule has 2 aromatic rings. The number of fused-ring (bicyclic) bond motifs is 1. The highest BCUT2D eigenvalue weighted by Crippen LogP contribution is 2.28. The van der Waals surface area contributed by atoms with Crippen molar-refractivity contribution in [2.24, 2.45) is 0 Å². The molecule has 0 radical (unpaired) electrons. The highest BCUT2D eigenvalue weighted by atomic mass is 16.6. The number of rotatable bonds is 5. The third kappa shape index (κ3) is 3.60. The fourth-order valence-corrected chi connectivity index (χ4v) is 3.40. The number of benzene rings is 2. The first kappa shape index (κ1) is 18.1. The normalized spacial score (nSPS) is 14.8. The summed E-state index contributed by atoms with van der Waals surface area (Å²) >= 11 is 0. The molecule has 1 amide bonds. The van der Waals surface area contributed by atoms with Crippen molar-refractivity contribution < 1.29 is 9.72 Å². The van der Waals surface area contributed by atoms with Crippen molar-refractivity contribution in [3.05, 3.63) is 69.8 Å². The number of carbonyl (C=O) groups is 1. The van der Waals surface area contributed by atoms with Crippen LogP contribution in [0.1, 0.15) is 24.5 Å². The van der Waals surface area contributed by atoms with Crippen LogP contribution in [0.25, 0.3) is 0 Å².